The number of methoxy groups -OCH3 is 2. The summed E-state index contributed by atoms with van der Waals surface area (Å²) < 4.78 is 22.4. The van der Waals surface area contributed by atoms with E-state index < -0.39 is 17.7 Å². The Labute approximate surface area is 245 Å². The molecular formula is C33H36N2O7. The van der Waals surface area contributed by atoms with Crippen LogP contribution in [0.25, 0.3) is 5.76 Å². The van der Waals surface area contributed by atoms with Crippen LogP contribution in [0.3, 0.4) is 0 Å². The third kappa shape index (κ3) is 6.42. The Morgan fingerprint density at radius 3 is 2.33 bits per heavy atom. The normalized spacial score (nSPS) is 18.7. The number of carbonyl (C=O) groups excluding carboxylic acids is 2. The van der Waals surface area contributed by atoms with Crippen molar-refractivity contribution in [1.82, 2.24) is 9.80 Å². The summed E-state index contributed by atoms with van der Waals surface area (Å²) in [6, 6.07) is 21.1. The molecule has 1 unspecified atom stereocenters. The number of hydrogen-bond acceptors (Lipinski definition) is 8. The molecule has 9 heteroatoms. The molecule has 2 aliphatic heterocycles. The van der Waals surface area contributed by atoms with E-state index in [1.807, 2.05) is 36.4 Å². The zero-order chi connectivity index (χ0) is 29.5. The number of rotatable bonds is 11. The van der Waals surface area contributed by atoms with Crippen LogP contribution >= 0.6 is 0 Å². The number of amides is 1. The maximum absolute atomic E-state index is 13.5. The van der Waals surface area contributed by atoms with Crippen LogP contribution in [0.2, 0.25) is 0 Å². The number of morpholine rings is 1. The fourth-order valence-corrected chi connectivity index (χ4v) is 5.36. The summed E-state index contributed by atoms with van der Waals surface area (Å²) in [7, 11) is 3.10. The van der Waals surface area contributed by atoms with Gasteiger partial charge < -0.3 is 29.0 Å². The molecule has 0 aromatic heterocycles. The van der Waals surface area contributed by atoms with Gasteiger partial charge in [0.25, 0.3) is 11.7 Å². The molecule has 42 heavy (non-hydrogen) atoms. The van der Waals surface area contributed by atoms with Crippen LogP contribution in [0.5, 0.6) is 17.2 Å². The lowest BCUT2D eigenvalue weighted by atomic mass is 9.95. The molecule has 3 aromatic carbocycles. The van der Waals surface area contributed by atoms with Gasteiger partial charge in [-0.15, -0.1) is 0 Å². The summed E-state index contributed by atoms with van der Waals surface area (Å²) in [6.45, 7) is 4.51. The van der Waals surface area contributed by atoms with Crippen molar-refractivity contribution in [1.29, 1.82) is 0 Å². The van der Waals surface area contributed by atoms with E-state index in [0.29, 0.717) is 61.2 Å². The van der Waals surface area contributed by atoms with Crippen LogP contribution in [-0.4, -0.2) is 80.2 Å². The van der Waals surface area contributed by atoms with Gasteiger partial charge in [-0.05, 0) is 53.9 Å². The number of aliphatic hydroxyl groups is 1. The lowest BCUT2D eigenvalue weighted by Crippen LogP contribution is -2.39. The number of benzene rings is 3. The van der Waals surface area contributed by atoms with Crippen molar-refractivity contribution in [3.63, 3.8) is 0 Å². The summed E-state index contributed by atoms with van der Waals surface area (Å²) in [5, 5.41) is 11.4. The summed E-state index contributed by atoms with van der Waals surface area (Å²) in [4.78, 5) is 30.7. The van der Waals surface area contributed by atoms with Gasteiger partial charge in [-0.2, -0.15) is 0 Å². The number of ketones is 1. The van der Waals surface area contributed by atoms with E-state index >= 15 is 0 Å². The van der Waals surface area contributed by atoms with E-state index in [9.17, 15) is 14.7 Å². The smallest absolute Gasteiger partial charge is 0.295 e. The number of Topliss-reactive ketones (excluding diaryl/α,β-unsaturated/α-hetero) is 1. The third-order valence-electron chi connectivity index (χ3n) is 7.62. The lowest BCUT2D eigenvalue weighted by molar-refractivity contribution is -0.140. The van der Waals surface area contributed by atoms with Gasteiger partial charge in [0, 0.05) is 31.7 Å². The minimum absolute atomic E-state index is 0.0385. The first-order valence-corrected chi connectivity index (χ1v) is 14.1. The van der Waals surface area contributed by atoms with Gasteiger partial charge in [0.05, 0.1) is 39.0 Å². The van der Waals surface area contributed by atoms with Gasteiger partial charge >= 0.3 is 0 Å². The Balaban J connectivity index is 1.47. The fraction of sp³-hybridized carbons (Fsp3) is 0.333. The van der Waals surface area contributed by atoms with Gasteiger partial charge in [0.15, 0.2) is 11.5 Å². The van der Waals surface area contributed by atoms with Crippen LogP contribution in [-0.2, 0) is 20.9 Å². The topological polar surface area (TPSA) is 97.8 Å². The molecule has 2 heterocycles. The molecule has 1 atom stereocenters. The van der Waals surface area contributed by atoms with Gasteiger partial charge in [-0.1, -0.05) is 36.4 Å². The van der Waals surface area contributed by atoms with Crippen molar-refractivity contribution in [2.24, 2.45) is 0 Å². The van der Waals surface area contributed by atoms with Crippen LogP contribution in [0, 0.1) is 0 Å². The lowest BCUT2D eigenvalue weighted by Gasteiger charge is -2.29. The van der Waals surface area contributed by atoms with Crippen molar-refractivity contribution >= 4 is 17.4 Å². The molecule has 220 valence electrons. The fourth-order valence-electron chi connectivity index (χ4n) is 5.36. The molecule has 1 amide bonds. The minimum Gasteiger partial charge on any atom is -0.507 e. The number of ether oxygens (including phenoxy) is 4. The molecule has 9 nitrogen and oxygen atoms in total. The highest BCUT2D eigenvalue weighted by atomic mass is 16.5. The van der Waals surface area contributed by atoms with E-state index in [4.69, 9.17) is 18.9 Å². The molecular weight excluding hydrogens is 536 g/mol. The van der Waals surface area contributed by atoms with E-state index in [0.717, 1.165) is 25.2 Å². The van der Waals surface area contributed by atoms with Gasteiger partial charge in [-0.25, -0.2) is 0 Å². The number of likely N-dealkylation sites (tertiary alicyclic amines) is 1. The predicted molar refractivity (Wildman–Crippen MR) is 158 cm³/mol. The second kappa shape index (κ2) is 13.5. The Morgan fingerprint density at radius 1 is 0.905 bits per heavy atom. The average molecular weight is 573 g/mol. The van der Waals surface area contributed by atoms with Crippen LogP contribution < -0.4 is 14.2 Å². The predicted octanol–water partition coefficient (Wildman–Crippen LogP) is 4.43. The van der Waals surface area contributed by atoms with Crippen molar-refractivity contribution in [2.75, 3.05) is 53.6 Å². The molecule has 2 saturated heterocycles. The molecule has 2 aliphatic rings. The maximum atomic E-state index is 13.5. The van der Waals surface area contributed by atoms with Gasteiger partial charge in [0.2, 0.25) is 0 Å². The van der Waals surface area contributed by atoms with Gasteiger partial charge in [-0.3, -0.25) is 14.5 Å². The van der Waals surface area contributed by atoms with E-state index in [-0.39, 0.29) is 11.3 Å². The third-order valence-corrected chi connectivity index (χ3v) is 7.62. The molecule has 0 spiro atoms. The van der Waals surface area contributed by atoms with E-state index in [1.54, 1.807) is 55.5 Å². The molecule has 0 bridgehead atoms. The van der Waals surface area contributed by atoms with E-state index in [1.165, 1.54) is 0 Å². The number of aliphatic hydroxyl groups excluding tert-OH is 1. The molecule has 3 aromatic rings. The largest absolute Gasteiger partial charge is 0.507 e. The van der Waals surface area contributed by atoms with Gasteiger partial charge in [0.1, 0.15) is 18.1 Å². The molecule has 2 fully saturated rings. The first-order chi connectivity index (χ1) is 20.5. The zero-order valence-electron chi connectivity index (χ0n) is 24.0. The summed E-state index contributed by atoms with van der Waals surface area (Å²) >= 11 is 0. The highest BCUT2D eigenvalue weighted by molar-refractivity contribution is 6.46. The van der Waals surface area contributed by atoms with Crippen LogP contribution in [0.15, 0.2) is 78.4 Å². The number of hydrogen-bond donors (Lipinski definition) is 1. The molecule has 0 saturated carbocycles. The number of carbonyl (C=O) groups is 2. The van der Waals surface area contributed by atoms with Crippen molar-refractivity contribution in [3.05, 3.63) is 95.1 Å². The summed E-state index contributed by atoms with van der Waals surface area (Å²) in [6.07, 6.45) is 0.668. The first kappa shape index (κ1) is 29.2. The second-order valence-corrected chi connectivity index (χ2v) is 10.2. The minimum atomic E-state index is -0.797. The Kier molecular flexibility index (Phi) is 9.41. The van der Waals surface area contributed by atoms with E-state index in [2.05, 4.69) is 4.90 Å². The van der Waals surface area contributed by atoms with Crippen molar-refractivity contribution in [2.45, 2.75) is 19.1 Å². The monoisotopic (exact) mass is 572 g/mol. The first-order valence-electron chi connectivity index (χ1n) is 14.1. The van der Waals surface area contributed by atoms with Crippen molar-refractivity contribution < 1.29 is 33.6 Å². The molecule has 5 rings (SSSR count). The average Bonchev–Trinajstić information content (AvgIpc) is 3.29. The molecule has 1 N–H and O–H groups in total. The quantitative estimate of drug-likeness (QED) is 0.205. The molecule has 0 aliphatic carbocycles. The standard InChI is InChI=1S/C33H36N2O7/c1-39-26-12-9-24(10-13-26)31(36)29-30(35(33(38)32(29)37)16-6-15-34-17-19-41-20-18-34)25-11-14-27(28(21-25)40-2)42-22-23-7-4-3-5-8-23/h3-5,7-14,21,30,36H,6,15-20,22H2,1-2H3. The van der Waals surface area contributed by atoms with Crippen LogP contribution in [0.1, 0.15) is 29.2 Å². The Bertz CT molecular complexity index is 1420. The Morgan fingerprint density at radius 2 is 1.64 bits per heavy atom. The maximum Gasteiger partial charge on any atom is 0.295 e. The highest BCUT2D eigenvalue weighted by Crippen LogP contribution is 2.42. The number of nitrogens with zero attached hydrogens (tertiary/aromatic N) is 2. The Hall–Kier alpha value is -4.34. The van der Waals surface area contributed by atoms with Crippen LogP contribution in [0.4, 0.5) is 0 Å². The summed E-state index contributed by atoms with van der Waals surface area (Å²) in [5.41, 5.74) is 2.11. The molecule has 0 radical (unpaired) electrons. The highest BCUT2D eigenvalue weighted by Gasteiger charge is 2.46. The second-order valence-electron chi connectivity index (χ2n) is 10.2. The van der Waals surface area contributed by atoms with Crippen molar-refractivity contribution in [3.8, 4) is 17.2 Å². The zero-order valence-corrected chi connectivity index (χ0v) is 24.0. The summed E-state index contributed by atoms with van der Waals surface area (Å²) in [5.74, 6) is 0.0160. The SMILES string of the molecule is COc1ccc(C(O)=C2C(=O)C(=O)N(CCCN3CCOCC3)C2c2ccc(OCc3ccccc3)c(OC)c2)cc1.